The summed E-state index contributed by atoms with van der Waals surface area (Å²) in [5, 5.41) is 4.55. The third-order valence-electron chi connectivity index (χ3n) is 1.76. The molecule has 0 saturated heterocycles. The van der Waals surface area contributed by atoms with Crippen molar-refractivity contribution in [3.63, 3.8) is 0 Å². The van der Waals surface area contributed by atoms with E-state index in [0.717, 1.165) is 0 Å². The second kappa shape index (κ2) is 4.38. The normalized spacial score (nSPS) is 10.4. The van der Waals surface area contributed by atoms with Crippen molar-refractivity contribution < 1.29 is 4.79 Å². The third-order valence-corrected chi connectivity index (χ3v) is 1.76. The van der Waals surface area contributed by atoms with Crippen molar-refractivity contribution in [1.29, 1.82) is 0 Å². The SMILES string of the molecule is CC(=O)c1ccc(N(N)/C=N\N)cc1. The number of hydrogen-bond donors (Lipinski definition) is 2. The smallest absolute Gasteiger partial charge is 0.159 e. The summed E-state index contributed by atoms with van der Waals surface area (Å²) in [5.74, 6) is 10.5. The Bertz CT molecular complexity index is 344. The Kier molecular flexibility index (Phi) is 3.19. The fourth-order valence-corrected chi connectivity index (χ4v) is 1.01. The van der Waals surface area contributed by atoms with Crippen molar-refractivity contribution in [3.8, 4) is 0 Å². The van der Waals surface area contributed by atoms with E-state index in [1.807, 2.05) is 0 Å². The second-order valence-electron chi connectivity index (χ2n) is 2.77. The Labute approximate surface area is 82.0 Å². The third kappa shape index (κ3) is 2.30. The zero-order chi connectivity index (χ0) is 10.6. The van der Waals surface area contributed by atoms with Crippen molar-refractivity contribution >= 4 is 17.8 Å². The van der Waals surface area contributed by atoms with Crippen LogP contribution in [0.5, 0.6) is 0 Å². The lowest BCUT2D eigenvalue weighted by Crippen LogP contribution is -2.29. The van der Waals surface area contributed by atoms with Gasteiger partial charge in [0.25, 0.3) is 0 Å². The summed E-state index contributed by atoms with van der Waals surface area (Å²) < 4.78 is 0. The zero-order valence-electron chi connectivity index (χ0n) is 7.84. The number of carbonyl (C=O) groups excluding carboxylic acids is 1. The number of rotatable bonds is 3. The van der Waals surface area contributed by atoms with Gasteiger partial charge < -0.3 is 5.84 Å². The molecular weight excluding hydrogens is 180 g/mol. The van der Waals surface area contributed by atoms with Gasteiger partial charge in [0.05, 0.1) is 5.69 Å². The number of ketones is 1. The molecule has 1 aromatic carbocycles. The van der Waals surface area contributed by atoms with E-state index in [2.05, 4.69) is 5.10 Å². The number of Topliss-reactive ketones (excluding diaryl/α,β-unsaturated/α-hetero) is 1. The molecular formula is C9H12N4O. The van der Waals surface area contributed by atoms with Crippen molar-refractivity contribution in [2.75, 3.05) is 5.01 Å². The van der Waals surface area contributed by atoms with E-state index in [9.17, 15) is 4.79 Å². The molecule has 0 heterocycles. The number of hydrazine groups is 1. The molecule has 0 unspecified atom stereocenters. The van der Waals surface area contributed by atoms with E-state index < -0.39 is 0 Å². The average Bonchev–Trinajstić information content (AvgIpc) is 2.18. The van der Waals surface area contributed by atoms with Gasteiger partial charge in [-0.1, -0.05) is 0 Å². The van der Waals surface area contributed by atoms with Gasteiger partial charge in [0.1, 0.15) is 6.34 Å². The van der Waals surface area contributed by atoms with Crippen LogP contribution in [0.15, 0.2) is 29.4 Å². The van der Waals surface area contributed by atoms with E-state index in [1.54, 1.807) is 24.3 Å². The highest BCUT2D eigenvalue weighted by molar-refractivity contribution is 5.94. The minimum atomic E-state index is 0.0209. The maximum atomic E-state index is 11.0. The molecule has 0 fully saturated rings. The summed E-state index contributed by atoms with van der Waals surface area (Å²) in [6.07, 6.45) is 1.28. The first kappa shape index (κ1) is 10.2. The van der Waals surface area contributed by atoms with Crippen LogP contribution in [0.4, 0.5) is 5.69 Å². The van der Waals surface area contributed by atoms with E-state index in [0.29, 0.717) is 11.3 Å². The van der Waals surface area contributed by atoms with Crippen molar-refractivity contribution in [2.45, 2.75) is 6.92 Å². The first-order valence-electron chi connectivity index (χ1n) is 4.03. The molecule has 0 aliphatic carbocycles. The molecule has 14 heavy (non-hydrogen) atoms. The highest BCUT2D eigenvalue weighted by atomic mass is 16.1. The molecule has 0 saturated carbocycles. The van der Waals surface area contributed by atoms with Crippen LogP contribution in [0.25, 0.3) is 0 Å². The molecule has 0 aliphatic rings. The van der Waals surface area contributed by atoms with Crippen LogP contribution < -0.4 is 16.7 Å². The van der Waals surface area contributed by atoms with Gasteiger partial charge in [0.2, 0.25) is 0 Å². The van der Waals surface area contributed by atoms with Crippen LogP contribution in [0.2, 0.25) is 0 Å². The molecule has 0 spiro atoms. The highest BCUT2D eigenvalue weighted by Gasteiger charge is 2.01. The predicted molar refractivity (Wildman–Crippen MR) is 55.8 cm³/mol. The van der Waals surface area contributed by atoms with Gasteiger partial charge in [-0.25, -0.2) is 5.84 Å². The molecule has 74 valence electrons. The maximum Gasteiger partial charge on any atom is 0.159 e. The predicted octanol–water partition coefficient (Wildman–Crippen LogP) is 0.471. The summed E-state index contributed by atoms with van der Waals surface area (Å²) >= 11 is 0. The second-order valence-corrected chi connectivity index (χ2v) is 2.77. The Balaban J connectivity index is 2.88. The topological polar surface area (TPSA) is 84.7 Å². The average molecular weight is 192 g/mol. The fourth-order valence-electron chi connectivity index (χ4n) is 1.01. The van der Waals surface area contributed by atoms with Crippen LogP contribution >= 0.6 is 0 Å². The van der Waals surface area contributed by atoms with Gasteiger partial charge in [0, 0.05) is 5.56 Å². The molecule has 1 aromatic rings. The lowest BCUT2D eigenvalue weighted by Gasteiger charge is -2.11. The van der Waals surface area contributed by atoms with Gasteiger partial charge >= 0.3 is 0 Å². The molecule has 5 nitrogen and oxygen atoms in total. The van der Waals surface area contributed by atoms with Gasteiger partial charge in [-0.15, -0.1) is 0 Å². The maximum absolute atomic E-state index is 11.0. The minimum absolute atomic E-state index is 0.0209. The Morgan fingerprint density at radius 1 is 1.43 bits per heavy atom. The van der Waals surface area contributed by atoms with E-state index in [4.69, 9.17) is 11.7 Å². The molecule has 0 amide bonds. The molecule has 1 rings (SSSR count). The van der Waals surface area contributed by atoms with Crippen LogP contribution in [0.1, 0.15) is 17.3 Å². The fraction of sp³-hybridized carbons (Fsp3) is 0.111. The molecule has 0 radical (unpaired) electrons. The number of benzene rings is 1. The quantitative estimate of drug-likeness (QED) is 0.240. The largest absolute Gasteiger partial charge is 0.322 e. The summed E-state index contributed by atoms with van der Waals surface area (Å²) in [7, 11) is 0. The lowest BCUT2D eigenvalue weighted by atomic mass is 10.1. The number of nitrogens with two attached hydrogens (primary N) is 2. The number of anilines is 1. The Hall–Kier alpha value is -1.88. The Morgan fingerprint density at radius 3 is 2.43 bits per heavy atom. The lowest BCUT2D eigenvalue weighted by molar-refractivity contribution is 0.101. The highest BCUT2D eigenvalue weighted by Crippen LogP contribution is 2.11. The molecule has 4 N–H and O–H groups in total. The Morgan fingerprint density at radius 2 is 2.00 bits per heavy atom. The monoisotopic (exact) mass is 192 g/mol. The van der Waals surface area contributed by atoms with Crippen molar-refractivity contribution in [3.05, 3.63) is 29.8 Å². The van der Waals surface area contributed by atoms with Crippen LogP contribution in [-0.4, -0.2) is 12.1 Å². The zero-order valence-corrected chi connectivity index (χ0v) is 7.84. The standard InChI is InChI=1S/C9H12N4O/c1-7(14)8-2-4-9(5-3-8)13(11)6-12-10/h2-6H,10-11H2,1H3/b12-6-. The van der Waals surface area contributed by atoms with Gasteiger partial charge in [-0.3, -0.25) is 9.80 Å². The van der Waals surface area contributed by atoms with Crippen LogP contribution in [0.3, 0.4) is 0 Å². The number of hydrazone groups is 1. The first-order chi connectivity index (χ1) is 6.65. The minimum Gasteiger partial charge on any atom is -0.322 e. The van der Waals surface area contributed by atoms with E-state index >= 15 is 0 Å². The summed E-state index contributed by atoms with van der Waals surface area (Å²) in [6, 6.07) is 6.83. The molecule has 0 aliphatic heterocycles. The molecule has 0 atom stereocenters. The van der Waals surface area contributed by atoms with Gasteiger partial charge in [0.15, 0.2) is 5.78 Å². The number of hydrogen-bond acceptors (Lipinski definition) is 4. The molecule has 5 heteroatoms. The number of carbonyl (C=O) groups is 1. The van der Waals surface area contributed by atoms with Gasteiger partial charge in [-0.2, -0.15) is 5.10 Å². The van der Waals surface area contributed by atoms with E-state index in [1.165, 1.54) is 18.3 Å². The van der Waals surface area contributed by atoms with Crippen molar-refractivity contribution in [1.82, 2.24) is 0 Å². The van der Waals surface area contributed by atoms with E-state index in [-0.39, 0.29) is 5.78 Å². The molecule has 0 bridgehead atoms. The summed E-state index contributed by atoms with van der Waals surface area (Å²) in [5.41, 5.74) is 1.36. The van der Waals surface area contributed by atoms with Gasteiger partial charge in [-0.05, 0) is 31.2 Å². The number of nitrogens with zero attached hydrogens (tertiary/aromatic N) is 2. The van der Waals surface area contributed by atoms with Crippen molar-refractivity contribution in [2.24, 2.45) is 16.8 Å². The van der Waals surface area contributed by atoms with Crippen LogP contribution in [-0.2, 0) is 0 Å². The molecule has 0 aromatic heterocycles. The first-order valence-corrected chi connectivity index (χ1v) is 4.03. The van der Waals surface area contributed by atoms with Crippen LogP contribution in [0, 0.1) is 0 Å². The summed E-state index contributed by atoms with van der Waals surface area (Å²) in [4.78, 5) is 11.0. The summed E-state index contributed by atoms with van der Waals surface area (Å²) in [6.45, 7) is 1.51.